The highest BCUT2D eigenvalue weighted by Gasteiger charge is 2.28. The molecule has 0 unspecified atom stereocenters. The quantitative estimate of drug-likeness (QED) is 0.801. The Hall–Kier alpha value is -1.92. The van der Waals surface area contributed by atoms with Crippen LogP contribution in [0.15, 0.2) is 0 Å². The molecule has 110 valence electrons. The van der Waals surface area contributed by atoms with Gasteiger partial charge in [0.1, 0.15) is 5.82 Å². The number of nitrogens with zero attached hydrogens (tertiary/aromatic N) is 2. The van der Waals surface area contributed by atoms with Crippen molar-refractivity contribution in [2.75, 3.05) is 6.61 Å². The summed E-state index contributed by atoms with van der Waals surface area (Å²) in [4.78, 5) is 27.5. The second-order valence-corrected chi connectivity index (χ2v) is 5.02. The van der Waals surface area contributed by atoms with Crippen molar-refractivity contribution < 1.29 is 14.3 Å². The normalized spacial score (nSPS) is 22.3. The minimum absolute atomic E-state index is 0.0335. The van der Waals surface area contributed by atoms with Crippen molar-refractivity contribution in [3.05, 3.63) is 11.6 Å². The summed E-state index contributed by atoms with van der Waals surface area (Å²) < 4.78 is 5.02. The molecule has 20 heavy (non-hydrogen) atoms. The van der Waals surface area contributed by atoms with Crippen LogP contribution in [0.4, 0.5) is 0 Å². The van der Waals surface area contributed by atoms with Crippen LogP contribution in [0, 0.1) is 12.8 Å². The largest absolute Gasteiger partial charge is 0.466 e. The number of carbonyl (C=O) groups is 2. The fourth-order valence-corrected chi connectivity index (χ4v) is 2.43. The predicted octanol–water partition coefficient (Wildman–Crippen LogP) is 0.965. The topological polar surface area (TPSA) is 97.0 Å². The summed E-state index contributed by atoms with van der Waals surface area (Å²) in [7, 11) is 0. The number of nitrogens with one attached hydrogen (secondary N) is 2. The molecule has 0 aromatic carbocycles. The molecule has 0 atom stereocenters. The molecule has 1 amide bonds. The van der Waals surface area contributed by atoms with E-state index in [1.54, 1.807) is 6.92 Å². The molecule has 7 heteroatoms. The van der Waals surface area contributed by atoms with Gasteiger partial charge in [0.2, 0.25) is 5.82 Å². The van der Waals surface area contributed by atoms with E-state index in [0.717, 1.165) is 25.7 Å². The molecule has 1 fully saturated rings. The van der Waals surface area contributed by atoms with E-state index in [2.05, 4.69) is 20.5 Å². The highest BCUT2D eigenvalue weighted by Crippen LogP contribution is 2.25. The minimum Gasteiger partial charge on any atom is -0.466 e. The molecular weight excluding hydrogens is 260 g/mol. The first-order valence-electron chi connectivity index (χ1n) is 6.96. The van der Waals surface area contributed by atoms with Gasteiger partial charge < -0.3 is 10.1 Å². The first-order valence-corrected chi connectivity index (χ1v) is 6.96. The Morgan fingerprint density at radius 1 is 1.35 bits per heavy atom. The van der Waals surface area contributed by atoms with Crippen molar-refractivity contribution in [2.24, 2.45) is 5.92 Å². The molecule has 1 heterocycles. The fraction of sp³-hybridized carbons (Fsp3) is 0.692. The monoisotopic (exact) mass is 280 g/mol. The van der Waals surface area contributed by atoms with Crippen LogP contribution in [-0.2, 0) is 9.53 Å². The van der Waals surface area contributed by atoms with Crippen molar-refractivity contribution in [3.8, 4) is 0 Å². The van der Waals surface area contributed by atoms with Gasteiger partial charge in [0.05, 0.1) is 12.5 Å². The van der Waals surface area contributed by atoms with E-state index in [1.807, 2.05) is 6.92 Å². The van der Waals surface area contributed by atoms with Gasteiger partial charge in [-0.15, -0.1) is 5.10 Å². The number of aryl methyl sites for hydroxylation is 1. The van der Waals surface area contributed by atoms with Crippen LogP contribution in [0.25, 0.3) is 0 Å². The summed E-state index contributed by atoms with van der Waals surface area (Å²) in [6.07, 6.45) is 3.05. The zero-order chi connectivity index (χ0) is 14.5. The van der Waals surface area contributed by atoms with E-state index in [-0.39, 0.29) is 29.7 Å². The van der Waals surface area contributed by atoms with Crippen molar-refractivity contribution in [1.82, 2.24) is 20.5 Å². The summed E-state index contributed by atoms with van der Waals surface area (Å²) in [5, 5.41) is 9.37. The molecule has 0 aliphatic heterocycles. The maximum atomic E-state index is 11.9. The van der Waals surface area contributed by atoms with Crippen molar-refractivity contribution in [1.29, 1.82) is 0 Å². The first-order chi connectivity index (χ1) is 9.60. The summed E-state index contributed by atoms with van der Waals surface area (Å²) in [5.74, 6) is 0.348. The van der Waals surface area contributed by atoms with Crippen LogP contribution in [0.1, 0.15) is 49.1 Å². The maximum absolute atomic E-state index is 11.9. The number of ether oxygens (including phenoxy) is 1. The minimum atomic E-state index is -0.270. The smallest absolute Gasteiger partial charge is 0.308 e. The van der Waals surface area contributed by atoms with E-state index in [0.29, 0.717) is 12.4 Å². The Labute approximate surface area is 117 Å². The number of amides is 1. The van der Waals surface area contributed by atoms with Gasteiger partial charge in [-0.2, -0.15) is 0 Å². The lowest BCUT2D eigenvalue weighted by molar-refractivity contribution is -0.149. The van der Waals surface area contributed by atoms with Crippen LogP contribution in [0.3, 0.4) is 0 Å². The van der Waals surface area contributed by atoms with Crippen LogP contribution < -0.4 is 5.32 Å². The van der Waals surface area contributed by atoms with E-state index in [9.17, 15) is 9.59 Å². The molecule has 0 saturated heterocycles. The zero-order valence-corrected chi connectivity index (χ0v) is 11.8. The molecule has 2 N–H and O–H groups in total. The van der Waals surface area contributed by atoms with E-state index in [1.165, 1.54) is 0 Å². The highest BCUT2D eigenvalue weighted by molar-refractivity contribution is 5.90. The van der Waals surface area contributed by atoms with Gasteiger partial charge in [0, 0.05) is 6.04 Å². The third-order valence-electron chi connectivity index (χ3n) is 3.48. The number of aromatic nitrogens is 3. The predicted molar refractivity (Wildman–Crippen MR) is 71.0 cm³/mol. The zero-order valence-electron chi connectivity index (χ0n) is 11.8. The van der Waals surface area contributed by atoms with Crippen molar-refractivity contribution >= 4 is 11.9 Å². The number of hydrogen-bond acceptors (Lipinski definition) is 5. The second-order valence-electron chi connectivity index (χ2n) is 5.02. The molecule has 0 radical (unpaired) electrons. The lowest BCUT2D eigenvalue weighted by Gasteiger charge is -2.27. The number of H-pyrrole nitrogens is 1. The summed E-state index contributed by atoms with van der Waals surface area (Å²) in [6.45, 7) is 3.97. The Bertz CT molecular complexity index is 478. The van der Waals surface area contributed by atoms with Gasteiger partial charge >= 0.3 is 5.97 Å². The van der Waals surface area contributed by atoms with Crippen LogP contribution in [0.5, 0.6) is 0 Å². The number of rotatable bonds is 4. The third kappa shape index (κ3) is 3.55. The average Bonchev–Trinajstić information content (AvgIpc) is 2.86. The van der Waals surface area contributed by atoms with E-state index >= 15 is 0 Å². The Balaban J connectivity index is 1.80. The molecule has 1 aliphatic carbocycles. The lowest BCUT2D eigenvalue weighted by atomic mass is 9.86. The molecule has 2 rings (SSSR count). The highest BCUT2D eigenvalue weighted by atomic mass is 16.5. The van der Waals surface area contributed by atoms with Gasteiger partial charge in [-0.3, -0.25) is 14.7 Å². The maximum Gasteiger partial charge on any atom is 0.308 e. The second kappa shape index (κ2) is 6.49. The third-order valence-corrected chi connectivity index (χ3v) is 3.48. The average molecular weight is 280 g/mol. The number of carbonyl (C=O) groups excluding carboxylic acids is 2. The molecule has 7 nitrogen and oxygen atoms in total. The van der Waals surface area contributed by atoms with Gasteiger partial charge in [0.25, 0.3) is 5.91 Å². The molecule has 0 bridgehead atoms. The summed E-state index contributed by atoms with van der Waals surface area (Å²) >= 11 is 0. The molecule has 1 aromatic rings. The summed E-state index contributed by atoms with van der Waals surface area (Å²) in [6, 6.07) is 0.0759. The fourth-order valence-electron chi connectivity index (χ4n) is 2.43. The van der Waals surface area contributed by atoms with Crippen LogP contribution >= 0.6 is 0 Å². The molecule has 1 aliphatic rings. The van der Waals surface area contributed by atoms with Gasteiger partial charge in [-0.1, -0.05) is 0 Å². The number of esters is 1. The summed E-state index contributed by atoms with van der Waals surface area (Å²) in [5.41, 5.74) is 0. The van der Waals surface area contributed by atoms with Gasteiger partial charge in [-0.25, -0.2) is 4.98 Å². The molecule has 1 saturated carbocycles. The lowest BCUT2D eigenvalue weighted by Crippen LogP contribution is -2.39. The standard InChI is InChI=1S/C13H20N4O3/c1-3-20-13(19)9-4-6-10(7-5-9)15-12(18)11-14-8(2)16-17-11/h9-10H,3-7H2,1-2H3,(H,15,18)(H,14,16,17). The molecule has 1 aromatic heterocycles. The van der Waals surface area contributed by atoms with Crippen LogP contribution in [0.2, 0.25) is 0 Å². The number of aromatic amines is 1. The van der Waals surface area contributed by atoms with Crippen molar-refractivity contribution in [3.63, 3.8) is 0 Å². The van der Waals surface area contributed by atoms with E-state index in [4.69, 9.17) is 4.74 Å². The first kappa shape index (κ1) is 14.5. The SMILES string of the molecule is CCOC(=O)C1CCC(NC(=O)c2n[nH]c(C)n2)CC1. The molecule has 0 spiro atoms. The Morgan fingerprint density at radius 3 is 2.60 bits per heavy atom. The number of hydrogen-bond donors (Lipinski definition) is 2. The Kier molecular flexibility index (Phi) is 4.70. The van der Waals surface area contributed by atoms with E-state index < -0.39 is 0 Å². The van der Waals surface area contributed by atoms with Gasteiger partial charge in [-0.05, 0) is 39.5 Å². The Morgan fingerprint density at radius 2 is 2.05 bits per heavy atom. The van der Waals surface area contributed by atoms with Gasteiger partial charge in [0.15, 0.2) is 0 Å². The van der Waals surface area contributed by atoms with Crippen molar-refractivity contribution in [2.45, 2.75) is 45.6 Å². The molecular formula is C13H20N4O3. The van der Waals surface area contributed by atoms with Crippen LogP contribution in [-0.4, -0.2) is 39.7 Å².